The van der Waals surface area contributed by atoms with E-state index in [1.807, 2.05) is 19.2 Å². The molecule has 2 aromatic carbocycles. The van der Waals surface area contributed by atoms with Crippen LogP contribution in [-0.2, 0) is 24.8 Å². The number of benzene rings is 2. The van der Waals surface area contributed by atoms with Gasteiger partial charge in [0.05, 0.1) is 17.7 Å². The fraction of sp³-hybridized carbons (Fsp3) is 0.346. The van der Waals surface area contributed by atoms with Crippen molar-refractivity contribution >= 4 is 28.5 Å². The molecule has 5 rings (SSSR count). The van der Waals surface area contributed by atoms with Crippen molar-refractivity contribution in [2.24, 2.45) is 7.05 Å². The quantitative estimate of drug-likeness (QED) is 0.349. The standard InChI is InChI=1S/C26H31N7O2/c1-15-11-20(35-10-9-34-4)12-16(2)21(15)23-22-24(32-33(3)25(22)31-26(27)30-23)29-19-6-5-17-7-8-28-14-18(17)13-19/h5-6,11-13,28H,7-10,14H2,1-4H3,(H,29,32)(H2,27,30,31). The van der Waals surface area contributed by atoms with Crippen LogP contribution in [0.15, 0.2) is 30.3 Å². The van der Waals surface area contributed by atoms with Crippen LogP contribution in [0.5, 0.6) is 5.75 Å². The number of aryl methyl sites for hydroxylation is 3. The first-order valence-corrected chi connectivity index (χ1v) is 11.8. The number of methoxy groups -OCH3 is 1. The second-order valence-electron chi connectivity index (χ2n) is 8.91. The third-order valence-corrected chi connectivity index (χ3v) is 6.36. The summed E-state index contributed by atoms with van der Waals surface area (Å²) < 4.78 is 12.7. The number of fused-ring (bicyclic) bond motifs is 2. The van der Waals surface area contributed by atoms with Crippen molar-refractivity contribution < 1.29 is 9.47 Å². The maximum Gasteiger partial charge on any atom is 0.222 e. The molecule has 0 aliphatic carbocycles. The van der Waals surface area contributed by atoms with Crippen LogP contribution >= 0.6 is 0 Å². The normalized spacial score (nSPS) is 13.1. The molecule has 0 radical (unpaired) electrons. The lowest BCUT2D eigenvalue weighted by Crippen LogP contribution is -2.23. The highest BCUT2D eigenvalue weighted by molar-refractivity contribution is 6.01. The van der Waals surface area contributed by atoms with Gasteiger partial charge >= 0.3 is 0 Å². The van der Waals surface area contributed by atoms with Crippen LogP contribution in [0.3, 0.4) is 0 Å². The Kier molecular flexibility index (Phi) is 6.27. The van der Waals surface area contributed by atoms with Crippen molar-refractivity contribution in [1.29, 1.82) is 0 Å². The zero-order chi connectivity index (χ0) is 24.5. The lowest BCUT2D eigenvalue weighted by Gasteiger charge is -2.18. The van der Waals surface area contributed by atoms with Gasteiger partial charge in [0.1, 0.15) is 12.4 Å². The van der Waals surface area contributed by atoms with Gasteiger partial charge in [0.25, 0.3) is 0 Å². The van der Waals surface area contributed by atoms with Crippen molar-refractivity contribution in [3.63, 3.8) is 0 Å². The highest BCUT2D eigenvalue weighted by atomic mass is 16.5. The maximum atomic E-state index is 6.15. The van der Waals surface area contributed by atoms with Crippen molar-refractivity contribution in [1.82, 2.24) is 25.1 Å². The predicted octanol–water partition coefficient (Wildman–Crippen LogP) is 3.64. The van der Waals surface area contributed by atoms with Crippen LogP contribution in [0, 0.1) is 13.8 Å². The van der Waals surface area contributed by atoms with Gasteiger partial charge in [0.15, 0.2) is 11.5 Å². The van der Waals surface area contributed by atoms with Gasteiger partial charge in [0, 0.05) is 32.0 Å². The summed E-state index contributed by atoms with van der Waals surface area (Å²) in [7, 11) is 3.53. The van der Waals surface area contributed by atoms with Crippen molar-refractivity contribution in [3.8, 4) is 17.0 Å². The zero-order valence-corrected chi connectivity index (χ0v) is 20.6. The number of aromatic nitrogens is 4. The fourth-order valence-electron chi connectivity index (χ4n) is 4.75. The largest absolute Gasteiger partial charge is 0.491 e. The lowest BCUT2D eigenvalue weighted by atomic mass is 9.97. The molecule has 1 aliphatic rings. The third kappa shape index (κ3) is 4.52. The van der Waals surface area contributed by atoms with E-state index in [-0.39, 0.29) is 5.95 Å². The van der Waals surface area contributed by atoms with E-state index in [9.17, 15) is 0 Å². The van der Waals surface area contributed by atoms with Gasteiger partial charge in [-0.05, 0) is 73.3 Å². The van der Waals surface area contributed by atoms with Crippen LogP contribution in [-0.4, -0.2) is 46.6 Å². The first-order chi connectivity index (χ1) is 16.9. The molecule has 4 aromatic rings. The van der Waals surface area contributed by atoms with E-state index in [0.717, 1.165) is 58.7 Å². The molecule has 2 aromatic heterocycles. The van der Waals surface area contributed by atoms with Crippen molar-refractivity contribution in [3.05, 3.63) is 52.6 Å². The van der Waals surface area contributed by atoms with Gasteiger partial charge in [0.2, 0.25) is 5.95 Å². The van der Waals surface area contributed by atoms with E-state index in [1.165, 1.54) is 11.1 Å². The molecule has 0 saturated heterocycles. The minimum atomic E-state index is 0.209. The average Bonchev–Trinajstić information content (AvgIpc) is 3.13. The summed E-state index contributed by atoms with van der Waals surface area (Å²) in [5, 5.41) is 12.5. The van der Waals surface area contributed by atoms with Crippen molar-refractivity contribution in [2.75, 3.05) is 37.9 Å². The summed E-state index contributed by atoms with van der Waals surface area (Å²) in [5.74, 6) is 1.70. The van der Waals surface area contributed by atoms with Crippen LogP contribution in [0.25, 0.3) is 22.3 Å². The van der Waals surface area contributed by atoms with Gasteiger partial charge in [-0.1, -0.05) is 6.07 Å². The maximum absolute atomic E-state index is 6.15. The third-order valence-electron chi connectivity index (χ3n) is 6.36. The number of nitrogens with two attached hydrogens (primary N) is 1. The Morgan fingerprint density at radius 3 is 2.66 bits per heavy atom. The second kappa shape index (κ2) is 9.52. The molecule has 1 aliphatic heterocycles. The van der Waals surface area contributed by atoms with Gasteiger partial charge < -0.3 is 25.8 Å². The molecule has 4 N–H and O–H groups in total. The number of hydrogen-bond donors (Lipinski definition) is 3. The van der Waals surface area contributed by atoms with Crippen molar-refractivity contribution in [2.45, 2.75) is 26.8 Å². The number of nitrogens with zero attached hydrogens (tertiary/aromatic N) is 4. The molecule has 0 atom stereocenters. The Morgan fingerprint density at radius 1 is 1.09 bits per heavy atom. The topological polar surface area (TPSA) is 112 Å². The predicted molar refractivity (Wildman–Crippen MR) is 138 cm³/mol. The Bertz CT molecular complexity index is 1370. The Balaban J connectivity index is 1.59. The number of nitrogens with one attached hydrogen (secondary N) is 2. The lowest BCUT2D eigenvalue weighted by molar-refractivity contribution is 0.146. The van der Waals surface area contributed by atoms with Gasteiger partial charge in [-0.2, -0.15) is 10.1 Å². The van der Waals surface area contributed by atoms with Crippen LogP contribution in [0.4, 0.5) is 17.5 Å². The van der Waals surface area contributed by atoms with E-state index in [4.69, 9.17) is 20.3 Å². The molecule has 182 valence electrons. The molecule has 0 amide bonds. The Labute approximate surface area is 204 Å². The smallest absolute Gasteiger partial charge is 0.222 e. The molecule has 3 heterocycles. The molecule has 0 spiro atoms. The molecule has 0 fully saturated rings. The number of hydrogen-bond acceptors (Lipinski definition) is 8. The summed E-state index contributed by atoms with van der Waals surface area (Å²) in [6, 6.07) is 10.5. The molecule has 0 saturated carbocycles. The van der Waals surface area contributed by atoms with Crippen LogP contribution in [0.2, 0.25) is 0 Å². The Hall–Kier alpha value is -3.69. The van der Waals surface area contributed by atoms with E-state index in [1.54, 1.807) is 11.8 Å². The summed E-state index contributed by atoms with van der Waals surface area (Å²) in [4.78, 5) is 9.19. The minimum absolute atomic E-state index is 0.209. The number of nitrogen functional groups attached to an aromatic ring is 1. The SMILES string of the molecule is COCCOc1cc(C)c(-c2nc(N)nc3c2c(Nc2ccc4c(c2)CNCC4)nn3C)c(C)c1. The van der Waals surface area contributed by atoms with Gasteiger partial charge in [-0.15, -0.1) is 0 Å². The van der Waals surface area contributed by atoms with E-state index in [2.05, 4.69) is 52.6 Å². The highest BCUT2D eigenvalue weighted by Gasteiger charge is 2.22. The highest BCUT2D eigenvalue weighted by Crippen LogP contribution is 2.38. The molecule has 9 nitrogen and oxygen atoms in total. The summed E-state index contributed by atoms with van der Waals surface area (Å²) in [6.45, 7) is 7.02. The molecule has 0 unspecified atom stereocenters. The van der Waals surface area contributed by atoms with Crippen LogP contribution < -0.4 is 21.1 Å². The molecular formula is C26H31N7O2. The van der Waals surface area contributed by atoms with Crippen LogP contribution in [0.1, 0.15) is 22.3 Å². The first kappa shape index (κ1) is 23.1. The minimum Gasteiger partial charge on any atom is -0.491 e. The van der Waals surface area contributed by atoms with E-state index < -0.39 is 0 Å². The monoisotopic (exact) mass is 473 g/mol. The molecule has 35 heavy (non-hydrogen) atoms. The number of rotatable bonds is 7. The average molecular weight is 474 g/mol. The second-order valence-corrected chi connectivity index (χ2v) is 8.91. The summed E-state index contributed by atoms with van der Waals surface area (Å²) in [5.41, 5.74) is 14.3. The first-order valence-electron chi connectivity index (χ1n) is 11.8. The van der Waals surface area contributed by atoms with E-state index >= 15 is 0 Å². The number of anilines is 3. The Morgan fingerprint density at radius 2 is 1.89 bits per heavy atom. The molecule has 0 bridgehead atoms. The number of ether oxygens (including phenoxy) is 2. The van der Waals surface area contributed by atoms with Gasteiger partial charge in [-0.3, -0.25) is 0 Å². The zero-order valence-electron chi connectivity index (χ0n) is 20.6. The molecule has 9 heteroatoms. The van der Waals surface area contributed by atoms with Gasteiger partial charge in [-0.25, -0.2) is 9.67 Å². The summed E-state index contributed by atoms with van der Waals surface area (Å²) in [6.07, 6.45) is 1.04. The summed E-state index contributed by atoms with van der Waals surface area (Å²) >= 11 is 0. The fourth-order valence-corrected chi connectivity index (χ4v) is 4.75. The molecular weight excluding hydrogens is 442 g/mol. The van der Waals surface area contributed by atoms with E-state index in [0.29, 0.717) is 24.7 Å².